The topological polar surface area (TPSA) is 115 Å². The lowest BCUT2D eigenvalue weighted by atomic mass is 10.0. The maximum Gasteiger partial charge on any atom is 0.256 e. The summed E-state index contributed by atoms with van der Waals surface area (Å²) in [6.07, 6.45) is 16.6. The van der Waals surface area contributed by atoms with Crippen LogP contribution in [0, 0.1) is 0 Å². The molecule has 1 amide bonds. The first-order valence-electron chi connectivity index (χ1n) is 17.2. The molecule has 3 aromatic heterocycles. The van der Waals surface area contributed by atoms with Crippen molar-refractivity contribution >= 4 is 51.1 Å². The lowest BCUT2D eigenvalue weighted by molar-refractivity contribution is 0.0949. The minimum Gasteiger partial charge on any atom is -0.452 e. The van der Waals surface area contributed by atoms with Crippen LogP contribution in [0.2, 0.25) is 0 Å². The Bertz CT molecular complexity index is 2290. The number of hydrogen-bond donors (Lipinski definition) is 1. The van der Waals surface area contributed by atoms with Crippen molar-refractivity contribution < 1.29 is 9.53 Å². The number of carbonyl (C=O) groups is 1. The molecule has 3 aromatic carbocycles. The van der Waals surface area contributed by atoms with Crippen molar-refractivity contribution in [2.75, 3.05) is 31.6 Å². The van der Waals surface area contributed by atoms with Gasteiger partial charge in [0.15, 0.2) is 11.5 Å². The van der Waals surface area contributed by atoms with Gasteiger partial charge in [-0.25, -0.2) is 0 Å². The average Bonchev–Trinajstić information content (AvgIpc) is 3.57. The Morgan fingerprint density at radius 3 is 2.37 bits per heavy atom. The predicted octanol–water partition coefficient (Wildman–Crippen LogP) is 6.71. The van der Waals surface area contributed by atoms with Crippen LogP contribution in [0.1, 0.15) is 41.0 Å². The number of fused-ring (bicyclic) bond motifs is 3. The van der Waals surface area contributed by atoms with Crippen molar-refractivity contribution in [2.24, 2.45) is 0 Å². The quantitative estimate of drug-likeness (QED) is 0.137. The molecular weight excluding hydrogens is 679 g/mol. The maximum absolute atomic E-state index is 14.4. The monoisotopic (exact) mass is 715 g/mol. The molecule has 0 bridgehead atoms. The van der Waals surface area contributed by atoms with E-state index in [0.29, 0.717) is 53.6 Å². The normalized spacial score (nSPS) is 15.2. The molecule has 6 aromatic rings. The van der Waals surface area contributed by atoms with Crippen molar-refractivity contribution in [3.8, 4) is 17.2 Å². The standard InChI is InChI=1S/C39H37N7O3S2/c1-45-16-4-7-29(45)8-11-44-39(48)31-24-46-32-19-25-5-2-3-6-26(25)20-33(32)49-37-35(46)30(36(31)47)21-34(50-17-9-27-22-40-12-14-42-27)38(37)51-18-10-28-23-41-13-15-43-28/h2-3,5-6,12-15,19-24,29H,4,7-11,16-18H2,1H3,(H,44,48). The molecule has 0 radical (unpaired) electrons. The molecule has 5 heterocycles. The van der Waals surface area contributed by atoms with E-state index >= 15 is 0 Å². The van der Waals surface area contributed by atoms with Crippen molar-refractivity contribution in [3.05, 3.63) is 113 Å². The van der Waals surface area contributed by atoms with Crippen molar-refractivity contribution in [2.45, 2.75) is 47.9 Å². The smallest absolute Gasteiger partial charge is 0.256 e. The number of aromatic nitrogens is 5. The highest BCUT2D eigenvalue weighted by Crippen LogP contribution is 2.49. The third-order valence-electron chi connectivity index (χ3n) is 9.60. The fourth-order valence-electron chi connectivity index (χ4n) is 6.93. The summed E-state index contributed by atoms with van der Waals surface area (Å²) in [5.74, 6) is 2.37. The Morgan fingerprint density at radius 1 is 0.961 bits per heavy atom. The molecule has 1 atom stereocenters. The van der Waals surface area contributed by atoms with Gasteiger partial charge < -0.3 is 19.5 Å². The number of rotatable bonds is 12. The van der Waals surface area contributed by atoms with E-state index in [1.807, 2.05) is 28.8 Å². The van der Waals surface area contributed by atoms with Crippen LogP contribution in [0.5, 0.6) is 11.5 Å². The number of carbonyl (C=O) groups excluding carboxylic acids is 1. The lowest BCUT2D eigenvalue weighted by Gasteiger charge is -2.27. The largest absolute Gasteiger partial charge is 0.452 e. The van der Waals surface area contributed by atoms with Crippen molar-refractivity contribution in [1.82, 2.24) is 34.7 Å². The first-order valence-corrected chi connectivity index (χ1v) is 19.2. The maximum atomic E-state index is 14.4. The van der Waals surface area contributed by atoms with E-state index in [1.54, 1.807) is 66.9 Å². The zero-order chi connectivity index (χ0) is 34.7. The number of nitrogens with zero attached hydrogens (tertiary/aromatic N) is 6. The molecule has 2 aliphatic heterocycles. The Hall–Kier alpha value is -4.78. The first kappa shape index (κ1) is 33.4. The second kappa shape index (κ2) is 14.8. The van der Waals surface area contributed by atoms with E-state index in [2.05, 4.69) is 55.4 Å². The lowest BCUT2D eigenvalue weighted by Crippen LogP contribution is -2.34. The molecule has 2 aliphatic rings. The number of hydrogen-bond acceptors (Lipinski definition) is 10. The molecule has 1 unspecified atom stereocenters. The van der Waals surface area contributed by atoms with Crippen LogP contribution in [0.25, 0.3) is 27.4 Å². The van der Waals surface area contributed by atoms with E-state index in [4.69, 9.17) is 4.74 Å². The van der Waals surface area contributed by atoms with Crippen LogP contribution >= 0.6 is 23.5 Å². The Balaban J connectivity index is 1.23. The van der Waals surface area contributed by atoms with Crippen LogP contribution < -0.4 is 15.5 Å². The number of thioether (sulfide) groups is 2. The molecule has 0 saturated carbocycles. The number of ether oxygens (including phenoxy) is 1. The highest BCUT2D eigenvalue weighted by molar-refractivity contribution is 8.02. The predicted molar refractivity (Wildman–Crippen MR) is 203 cm³/mol. The molecule has 258 valence electrons. The van der Waals surface area contributed by atoms with Crippen LogP contribution in [-0.4, -0.2) is 73.0 Å². The fourth-order valence-corrected chi connectivity index (χ4v) is 9.22. The molecule has 10 nitrogen and oxygen atoms in total. The first-order chi connectivity index (χ1) is 25.0. The van der Waals surface area contributed by atoms with Gasteiger partial charge >= 0.3 is 0 Å². The summed E-state index contributed by atoms with van der Waals surface area (Å²) in [6, 6.07) is 14.6. The summed E-state index contributed by atoms with van der Waals surface area (Å²) in [5.41, 5.74) is 3.05. The van der Waals surface area contributed by atoms with Gasteiger partial charge in [-0.3, -0.25) is 29.5 Å². The third kappa shape index (κ3) is 6.95. The van der Waals surface area contributed by atoms with Gasteiger partial charge in [0, 0.05) is 85.2 Å². The number of aryl methyl sites for hydroxylation is 2. The van der Waals surface area contributed by atoms with Gasteiger partial charge in [-0.05, 0) is 61.8 Å². The molecular formula is C39H37N7O3S2. The molecule has 0 aliphatic carbocycles. The number of amides is 1. The van der Waals surface area contributed by atoms with Gasteiger partial charge in [-0.1, -0.05) is 24.3 Å². The van der Waals surface area contributed by atoms with Gasteiger partial charge in [-0.2, -0.15) is 0 Å². The van der Waals surface area contributed by atoms with Crippen LogP contribution in [0.15, 0.2) is 100 Å². The molecule has 0 spiro atoms. The number of pyridine rings is 1. The molecule has 8 rings (SSSR count). The van der Waals surface area contributed by atoms with E-state index in [9.17, 15) is 9.59 Å². The fraction of sp³-hybridized carbons (Fsp3) is 0.282. The summed E-state index contributed by atoms with van der Waals surface area (Å²) >= 11 is 3.32. The summed E-state index contributed by atoms with van der Waals surface area (Å²) in [5, 5.41) is 5.60. The molecule has 1 saturated heterocycles. The second-order valence-electron chi connectivity index (χ2n) is 12.9. The van der Waals surface area contributed by atoms with E-state index in [0.717, 1.165) is 62.8 Å². The molecule has 12 heteroatoms. The molecule has 1 N–H and O–H groups in total. The highest BCUT2D eigenvalue weighted by atomic mass is 32.2. The minimum atomic E-state index is -0.360. The van der Waals surface area contributed by atoms with Crippen LogP contribution in [0.3, 0.4) is 0 Å². The van der Waals surface area contributed by atoms with E-state index in [1.165, 1.54) is 6.42 Å². The molecule has 51 heavy (non-hydrogen) atoms. The van der Waals surface area contributed by atoms with Crippen molar-refractivity contribution in [3.63, 3.8) is 0 Å². The van der Waals surface area contributed by atoms with Gasteiger partial charge in [0.25, 0.3) is 5.91 Å². The third-order valence-corrected chi connectivity index (χ3v) is 11.9. The van der Waals surface area contributed by atoms with Crippen LogP contribution in [0.4, 0.5) is 0 Å². The second-order valence-corrected chi connectivity index (χ2v) is 15.1. The van der Waals surface area contributed by atoms with Gasteiger partial charge in [-0.15, -0.1) is 23.5 Å². The Morgan fingerprint density at radius 2 is 1.69 bits per heavy atom. The van der Waals surface area contributed by atoms with Gasteiger partial charge in [0.05, 0.1) is 27.4 Å². The average molecular weight is 716 g/mol. The number of likely N-dealkylation sites (tertiary alicyclic amines) is 1. The van der Waals surface area contributed by atoms with Gasteiger partial charge in [0.1, 0.15) is 11.1 Å². The summed E-state index contributed by atoms with van der Waals surface area (Å²) in [6.45, 7) is 1.58. The van der Waals surface area contributed by atoms with E-state index < -0.39 is 0 Å². The Labute approximate surface area is 304 Å². The van der Waals surface area contributed by atoms with Crippen molar-refractivity contribution in [1.29, 1.82) is 0 Å². The van der Waals surface area contributed by atoms with E-state index in [-0.39, 0.29) is 16.9 Å². The Kier molecular flexibility index (Phi) is 9.70. The number of benzene rings is 3. The zero-order valence-corrected chi connectivity index (χ0v) is 29.9. The summed E-state index contributed by atoms with van der Waals surface area (Å²) in [7, 11) is 2.13. The van der Waals surface area contributed by atoms with Gasteiger partial charge in [0.2, 0.25) is 5.43 Å². The number of nitrogens with one attached hydrogen (secondary N) is 1. The minimum absolute atomic E-state index is 0.118. The molecule has 1 fully saturated rings. The van der Waals surface area contributed by atoms with Crippen LogP contribution in [-0.2, 0) is 12.8 Å². The zero-order valence-electron chi connectivity index (χ0n) is 28.2. The summed E-state index contributed by atoms with van der Waals surface area (Å²) in [4.78, 5) is 49.8. The SMILES string of the molecule is CN1CCCC1CCNC(=O)c1cn2c3c(c(SCCc4cnccn4)c(SCCc4cnccn4)cc3c1=O)Oc1cc3ccccc3cc1-2. The highest BCUT2D eigenvalue weighted by Gasteiger charge is 2.29. The summed E-state index contributed by atoms with van der Waals surface area (Å²) < 4.78 is 8.82.